The molecule has 0 amide bonds. The minimum atomic E-state index is -0.983. The molecular weight excluding hydrogens is 318 g/mol. The van der Waals surface area contributed by atoms with Crippen molar-refractivity contribution in [2.75, 3.05) is 11.9 Å². The molecule has 0 fully saturated rings. The van der Waals surface area contributed by atoms with Crippen LogP contribution in [0, 0.1) is 20.2 Å². The molecule has 0 aliphatic heterocycles. The van der Waals surface area contributed by atoms with Gasteiger partial charge in [0.25, 0.3) is 11.4 Å². The topological polar surface area (TPSA) is 136 Å². The zero-order chi connectivity index (χ0) is 17.7. The van der Waals surface area contributed by atoms with Crippen LogP contribution >= 0.6 is 0 Å². The predicted molar refractivity (Wildman–Crippen MR) is 85.1 cm³/mol. The summed E-state index contributed by atoms with van der Waals surface area (Å²) in [5.74, 6) is -0.983. The van der Waals surface area contributed by atoms with Gasteiger partial charge in [0.1, 0.15) is 6.54 Å². The minimum Gasteiger partial charge on any atom is -0.480 e. The Balaban J connectivity index is 2.19. The van der Waals surface area contributed by atoms with Crippen LogP contribution in [0.3, 0.4) is 0 Å². The van der Waals surface area contributed by atoms with Crippen molar-refractivity contribution < 1.29 is 19.7 Å². The van der Waals surface area contributed by atoms with Gasteiger partial charge in [-0.05, 0) is 29.7 Å². The normalized spacial score (nSPS) is 10.2. The Morgan fingerprint density at radius 1 is 0.958 bits per heavy atom. The summed E-state index contributed by atoms with van der Waals surface area (Å²) < 4.78 is 0. The Morgan fingerprint density at radius 3 is 1.96 bits per heavy atom. The lowest BCUT2D eigenvalue weighted by molar-refractivity contribution is -0.394. The number of aliphatic carboxylic acids is 1. The van der Waals surface area contributed by atoms with E-state index in [9.17, 15) is 25.0 Å². The van der Waals surface area contributed by atoms with Gasteiger partial charge in [-0.2, -0.15) is 0 Å². The maximum absolute atomic E-state index is 10.9. The Kier molecular flexibility index (Phi) is 5.05. The lowest BCUT2D eigenvalue weighted by atomic mass is 10.0. The second kappa shape index (κ2) is 7.18. The molecule has 0 spiro atoms. The maximum atomic E-state index is 10.9. The first kappa shape index (κ1) is 16.9. The van der Waals surface area contributed by atoms with Gasteiger partial charge in [-0.15, -0.1) is 0 Å². The zero-order valence-corrected chi connectivity index (χ0v) is 12.3. The molecule has 0 bridgehead atoms. The first-order valence-electron chi connectivity index (χ1n) is 6.82. The van der Waals surface area contributed by atoms with E-state index in [4.69, 9.17) is 5.11 Å². The lowest BCUT2D eigenvalue weighted by Gasteiger charge is -2.06. The van der Waals surface area contributed by atoms with Crippen LogP contribution in [0.1, 0.15) is 11.1 Å². The van der Waals surface area contributed by atoms with Crippen molar-refractivity contribution in [2.45, 2.75) is 6.42 Å². The molecular formula is C15H13N3O6. The summed E-state index contributed by atoms with van der Waals surface area (Å²) in [6, 6.07) is 10.3. The highest BCUT2D eigenvalue weighted by Crippen LogP contribution is 2.24. The SMILES string of the molecule is O=C(O)CNc1ccc(Cc2cc([N+](=O)[O-])cc([N+](=O)[O-])c2)cc1. The Labute approximate surface area is 135 Å². The van der Waals surface area contributed by atoms with Crippen LogP contribution < -0.4 is 5.32 Å². The molecule has 0 atom stereocenters. The number of nitro benzene ring substituents is 2. The van der Waals surface area contributed by atoms with Gasteiger partial charge in [-0.3, -0.25) is 25.0 Å². The zero-order valence-electron chi connectivity index (χ0n) is 12.3. The Morgan fingerprint density at radius 2 is 1.50 bits per heavy atom. The van der Waals surface area contributed by atoms with Gasteiger partial charge in [-0.1, -0.05) is 12.1 Å². The largest absolute Gasteiger partial charge is 0.480 e. The quantitative estimate of drug-likeness (QED) is 0.587. The number of carbonyl (C=O) groups is 1. The van der Waals surface area contributed by atoms with E-state index in [0.717, 1.165) is 11.6 Å². The van der Waals surface area contributed by atoms with E-state index < -0.39 is 15.8 Å². The van der Waals surface area contributed by atoms with Gasteiger partial charge >= 0.3 is 5.97 Å². The molecule has 0 aliphatic carbocycles. The molecule has 0 aromatic heterocycles. The number of carboxylic acids is 1. The number of non-ortho nitro benzene ring substituents is 2. The molecule has 2 aromatic rings. The maximum Gasteiger partial charge on any atom is 0.322 e. The van der Waals surface area contributed by atoms with Crippen LogP contribution in [0.5, 0.6) is 0 Å². The number of hydrogen-bond donors (Lipinski definition) is 2. The van der Waals surface area contributed by atoms with E-state index in [-0.39, 0.29) is 24.3 Å². The number of benzene rings is 2. The van der Waals surface area contributed by atoms with Gasteiger partial charge in [0.2, 0.25) is 0 Å². The second-order valence-corrected chi connectivity index (χ2v) is 4.99. The lowest BCUT2D eigenvalue weighted by Crippen LogP contribution is -2.12. The van der Waals surface area contributed by atoms with E-state index in [1.54, 1.807) is 24.3 Å². The van der Waals surface area contributed by atoms with Gasteiger partial charge < -0.3 is 10.4 Å². The fourth-order valence-corrected chi connectivity index (χ4v) is 2.12. The number of nitrogens with zero attached hydrogens (tertiary/aromatic N) is 2. The molecule has 9 heteroatoms. The first-order valence-corrected chi connectivity index (χ1v) is 6.82. The standard InChI is InChI=1S/C15H13N3O6/c19-15(20)9-16-12-3-1-10(2-4-12)5-11-6-13(17(21)22)8-14(7-11)18(23)24/h1-4,6-8,16H,5,9H2,(H,19,20). The third kappa shape index (κ3) is 4.50. The van der Waals surface area contributed by atoms with E-state index in [0.29, 0.717) is 11.3 Å². The van der Waals surface area contributed by atoms with Crippen molar-refractivity contribution in [1.29, 1.82) is 0 Å². The summed E-state index contributed by atoms with van der Waals surface area (Å²) in [6.07, 6.45) is 0.279. The Bertz CT molecular complexity index is 756. The molecule has 2 rings (SSSR count). The number of anilines is 1. The number of nitro groups is 2. The second-order valence-electron chi connectivity index (χ2n) is 4.99. The fourth-order valence-electron chi connectivity index (χ4n) is 2.12. The average molecular weight is 331 g/mol. The molecule has 9 nitrogen and oxygen atoms in total. The highest BCUT2D eigenvalue weighted by molar-refractivity contribution is 5.72. The van der Waals surface area contributed by atoms with Crippen LogP contribution in [-0.2, 0) is 11.2 Å². The highest BCUT2D eigenvalue weighted by Gasteiger charge is 2.16. The van der Waals surface area contributed by atoms with E-state index in [1.165, 1.54) is 12.1 Å². The van der Waals surface area contributed by atoms with Crippen molar-refractivity contribution in [3.8, 4) is 0 Å². The summed E-state index contributed by atoms with van der Waals surface area (Å²) in [5, 5.41) is 33.1. The molecule has 0 saturated heterocycles. The molecule has 0 heterocycles. The minimum absolute atomic E-state index is 0.212. The number of hydrogen-bond acceptors (Lipinski definition) is 6. The van der Waals surface area contributed by atoms with E-state index >= 15 is 0 Å². The summed E-state index contributed by atoms with van der Waals surface area (Å²) in [6.45, 7) is -0.212. The molecule has 0 aliphatic rings. The number of carboxylic acid groups (broad SMARTS) is 1. The van der Waals surface area contributed by atoms with Gasteiger partial charge in [0, 0.05) is 17.8 Å². The summed E-state index contributed by atoms with van der Waals surface area (Å²) in [4.78, 5) is 30.9. The number of rotatable bonds is 7. The summed E-state index contributed by atoms with van der Waals surface area (Å²) in [7, 11) is 0. The molecule has 2 N–H and O–H groups in total. The van der Waals surface area contributed by atoms with Crippen molar-refractivity contribution in [1.82, 2.24) is 0 Å². The molecule has 124 valence electrons. The third-order valence-electron chi connectivity index (χ3n) is 3.19. The third-order valence-corrected chi connectivity index (χ3v) is 3.19. The molecule has 0 saturated carbocycles. The smallest absolute Gasteiger partial charge is 0.322 e. The van der Waals surface area contributed by atoms with Gasteiger partial charge in [0.05, 0.1) is 15.9 Å². The fraction of sp³-hybridized carbons (Fsp3) is 0.133. The van der Waals surface area contributed by atoms with Crippen LogP contribution in [-0.4, -0.2) is 27.5 Å². The van der Waals surface area contributed by atoms with Crippen molar-refractivity contribution in [3.63, 3.8) is 0 Å². The van der Waals surface area contributed by atoms with Crippen molar-refractivity contribution in [2.24, 2.45) is 0 Å². The highest BCUT2D eigenvalue weighted by atomic mass is 16.6. The summed E-state index contributed by atoms with van der Waals surface area (Å²) in [5.41, 5.74) is 1.18. The van der Waals surface area contributed by atoms with Crippen LogP contribution in [0.15, 0.2) is 42.5 Å². The van der Waals surface area contributed by atoms with E-state index in [2.05, 4.69) is 5.32 Å². The number of nitrogens with one attached hydrogen (secondary N) is 1. The van der Waals surface area contributed by atoms with E-state index in [1.807, 2.05) is 0 Å². The molecule has 2 aromatic carbocycles. The molecule has 0 radical (unpaired) electrons. The van der Waals surface area contributed by atoms with Crippen LogP contribution in [0.25, 0.3) is 0 Å². The van der Waals surface area contributed by atoms with Crippen molar-refractivity contribution >= 4 is 23.0 Å². The van der Waals surface area contributed by atoms with Crippen LogP contribution in [0.2, 0.25) is 0 Å². The summed E-state index contributed by atoms with van der Waals surface area (Å²) >= 11 is 0. The molecule has 0 unspecified atom stereocenters. The monoisotopic (exact) mass is 331 g/mol. The van der Waals surface area contributed by atoms with Crippen LogP contribution in [0.4, 0.5) is 17.1 Å². The molecule has 24 heavy (non-hydrogen) atoms. The predicted octanol–water partition coefficient (Wildman–Crippen LogP) is 2.59. The van der Waals surface area contributed by atoms with Gasteiger partial charge in [-0.25, -0.2) is 0 Å². The van der Waals surface area contributed by atoms with Crippen molar-refractivity contribution in [3.05, 3.63) is 73.8 Å². The average Bonchev–Trinajstić information content (AvgIpc) is 2.53. The first-order chi connectivity index (χ1) is 11.3. The van der Waals surface area contributed by atoms with Gasteiger partial charge in [0.15, 0.2) is 0 Å². The Hall–Kier alpha value is -3.49.